The smallest absolute Gasteiger partial charge is 0.227 e. The number of hydrogen-bond acceptors (Lipinski definition) is 4. The van der Waals surface area contributed by atoms with Crippen molar-refractivity contribution in [2.24, 2.45) is 0 Å². The van der Waals surface area contributed by atoms with E-state index in [1.54, 1.807) is 6.07 Å². The van der Waals surface area contributed by atoms with Crippen molar-refractivity contribution in [1.29, 1.82) is 0 Å². The first kappa shape index (κ1) is 12.6. The summed E-state index contributed by atoms with van der Waals surface area (Å²) in [5.74, 6) is 1.43. The van der Waals surface area contributed by atoms with Gasteiger partial charge in [-0.25, -0.2) is 4.98 Å². The van der Waals surface area contributed by atoms with Gasteiger partial charge in [0.25, 0.3) is 0 Å². The highest BCUT2D eigenvalue weighted by atomic mass is 35.5. The van der Waals surface area contributed by atoms with E-state index in [1.165, 1.54) is 6.20 Å². The summed E-state index contributed by atoms with van der Waals surface area (Å²) in [7, 11) is 0. The number of aromatic nitrogens is 3. The summed E-state index contributed by atoms with van der Waals surface area (Å²) < 4.78 is 5.05. The molecule has 0 atom stereocenters. The zero-order chi connectivity index (χ0) is 12.3. The van der Waals surface area contributed by atoms with Crippen molar-refractivity contribution in [2.45, 2.75) is 12.8 Å². The van der Waals surface area contributed by atoms with Crippen LogP contribution in [0.15, 0.2) is 16.8 Å². The second kappa shape index (κ2) is 5.67. The molecule has 7 heteroatoms. The molecule has 0 aromatic carbocycles. The topological polar surface area (TPSA) is 51.8 Å². The Bertz CT molecular complexity index is 515. The minimum Gasteiger partial charge on any atom is -0.339 e. The van der Waals surface area contributed by atoms with Gasteiger partial charge in [-0.3, -0.25) is 0 Å². The Balaban J connectivity index is 2.24. The molecule has 0 N–H and O–H groups in total. The molecule has 90 valence electrons. The van der Waals surface area contributed by atoms with E-state index in [0.717, 1.165) is 6.42 Å². The summed E-state index contributed by atoms with van der Waals surface area (Å²) in [4.78, 5) is 8.25. The van der Waals surface area contributed by atoms with Gasteiger partial charge in [0.1, 0.15) is 5.69 Å². The average molecular weight is 293 g/mol. The van der Waals surface area contributed by atoms with Crippen molar-refractivity contribution < 1.29 is 4.52 Å². The molecule has 0 bridgehead atoms. The van der Waals surface area contributed by atoms with E-state index in [9.17, 15) is 0 Å². The van der Waals surface area contributed by atoms with Crippen molar-refractivity contribution in [3.05, 3.63) is 28.2 Å². The summed E-state index contributed by atoms with van der Waals surface area (Å²) in [5.41, 5.74) is 0.456. The molecule has 0 saturated carbocycles. The molecule has 0 aliphatic rings. The first-order valence-electron chi connectivity index (χ1n) is 4.90. The van der Waals surface area contributed by atoms with Gasteiger partial charge in [0, 0.05) is 18.5 Å². The Kier molecular flexibility index (Phi) is 4.20. The lowest BCUT2D eigenvalue weighted by Gasteiger charge is -1.97. The maximum atomic E-state index is 5.99. The van der Waals surface area contributed by atoms with Gasteiger partial charge in [0.05, 0.1) is 10.0 Å². The summed E-state index contributed by atoms with van der Waals surface area (Å²) in [6.07, 6.45) is 2.91. The molecular formula is C10H8Cl3N3O. The van der Waals surface area contributed by atoms with Crippen molar-refractivity contribution in [2.75, 3.05) is 5.88 Å². The second-order valence-electron chi connectivity index (χ2n) is 3.29. The fraction of sp³-hybridized carbons (Fsp3) is 0.300. The van der Waals surface area contributed by atoms with Gasteiger partial charge in [0.15, 0.2) is 0 Å². The average Bonchev–Trinajstić information content (AvgIpc) is 2.75. The van der Waals surface area contributed by atoms with Crippen LogP contribution < -0.4 is 0 Å². The van der Waals surface area contributed by atoms with Crippen LogP contribution in [0.1, 0.15) is 12.3 Å². The predicted molar refractivity (Wildman–Crippen MR) is 66.6 cm³/mol. The molecule has 17 heavy (non-hydrogen) atoms. The van der Waals surface area contributed by atoms with Crippen molar-refractivity contribution in [3.8, 4) is 11.5 Å². The largest absolute Gasteiger partial charge is 0.339 e. The minimum atomic E-state index is 0.358. The first-order chi connectivity index (χ1) is 8.20. The van der Waals surface area contributed by atoms with Gasteiger partial charge in [-0.15, -0.1) is 11.6 Å². The minimum absolute atomic E-state index is 0.358. The van der Waals surface area contributed by atoms with Crippen molar-refractivity contribution in [1.82, 2.24) is 15.1 Å². The number of alkyl halides is 1. The number of nitrogens with zero attached hydrogens (tertiary/aromatic N) is 3. The fourth-order valence-electron chi connectivity index (χ4n) is 1.25. The van der Waals surface area contributed by atoms with Crippen LogP contribution in [-0.2, 0) is 6.42 Å². The predicted octanol–water partition coefficient (Wildman–Crippen LogP) is 3.61. The van der Waals surface area contributed by atoms with Crippen LogP contribution in [0, 0.1) is 0 Å². The van der Waals surface area contributed by atoms with Gasteiger partial charge in [-0.1, -0.05) is 28.4 Å². The molecule has 0 fully saturated rings. The van der Waals surface area contributed by atoms with Crippen molar-refractivity contribution >= 4 is 34.8 Å². The zero-order valence-electron chi connectivity index (χ0n) is 8.66. The van der Waals surface area contributed by atoms with E-state index >= 15 is 0 Å². The van der Waals surface area contributed by atoms with Gasteiger partial charge in [-0.05, 0) is 12.5 Å². The van der Waals surface area contributed by atoms with E-state index in [1.807, 2.05) is 0 Å². The van der Waals surface area contributed by atoms with E-state index in [4.69, 9.17) is 39.3 Å². The number of halogens is 3. The van der Waals surface area contributed by atoms with Crippen LogP contribution in [0.25, 0.3) is 11.5 Å². The SMILES string of the molecule is ClCCCc1nc(-c2ncc(Cl)cc2Cl)no1. The van der Waals surface area contributed by atoms with Crippen molar-refractivity contribution in [3.63, 3.8) is 0 Å². The maximum absolute atomic E-state index is 5.99. The third-order valence-corrected chi connectivity index (χ3v) is 2.77. The molecule has 2 heterocycles. The quantitative estimate of drug-likeness (QED) is 0.808. The van der Waals surface area contributed by atoms with E-state index < -0.39 is 0 Å². The number of aryl methyl sites for hydroxylation is 1. The summed E-state index contributed by atoms with van der Waals surface area (Å²) in [6, 6.07) is 1.58. The Morgan fingerprint density at radius 2 is 2.12 bits per heavy atom. The summed E-state index contributed by atoms with van der Waals surface area (Å²) >= 11 is 17.3. The third-order valence-electron chi connectivity index (χ3n) is 2.01. The van der Waals surface area contributed by atoms with Crippen LogP contribution in [-0.4, -0.2) is 21.0 Å². The molecule has 0 amide bonds. The highest BCUT2D eigenvalue weighted by molar-refractivity contribution is 6.35. The van der Waals surface area contributed by atoms with E-state index in [-0.39, 0.29) is 0 Å². The van der Waals surface area contributed by atoms with Gasteiger partial charge in [0.2, 0.25) is 11.7 Å². The highest BCUT2D eigenvalue weighted by Crippen LogP contribution is 2.25. The highest BCUT2D eigenvalue weighted by Gasteiger charge is 2.13. The molecule has 0 spiro atoms. The summed E-state index contributed by atoms with van der Waals surface area (Å²) in [5, 5.41) is 4.66. The first-order valence-corrected chi connectivity index (χ1v) is 6.19. The zero-order valence-corrected chi connectivity index (χ0v) is 10.9. The Morgan fingerprint density at radius 3 is 2.82 bits per heavy atom. The molecule has 2 aromatic heterocycles. The molecule has 0 saturated heterocycles. The maximum Gasteiger partial charge on any atom is 0.227 e. The lowest BCUT2D eigenvalue weighted by Crippen LogP contribution is -1.89. The molecule has 2 aromatic rings. The second-order valence-corrected chi connectivity index (χ2v) is 4.51. The van der Waals surface area contributed by atoms with Crippen LogP contribution in [0.3, 0.4) is 0 Å². The van der Waals surface area contributed by atoms with Gasteiger partial charge >= 0.3 is 0 Å². The molecule has 4 nitrogen and oxygen atoms in total. The fourth-order valence-corrected chi connectivity index (χ4v) is 1.85. The standard InChI is InChI=1S/C10H8Cl3N3O/c11-3-1-2-8-15-10(16-17-8)9-7(13)4-6(12)5-14-9/h4-5H,1-3H2. The molecule has 0 aliphatic carbocycles. The number of pyridine rings is 1. The lowest BCUT2D eigenvalue weighted by molar-refractivity contribution is 0.378. The van der Waals surface area contributed by atoms with Crippen LogP contribution >= 0.6 is 34.8 Å². The molecule has 2 rings (SSSR count). The molecule has 0 radical (unpaired) electrons. The number of rotatable bonds is 4. The Labute approximate surface area is 113 Å². The Morgan fingerprint density at radius 1 is 1.29 bits per heavy atom. The Hall–Kier alpha value is -0.840. The lowest BCUT2D eigenvalue weighted by atomic mass is 10.3. The monoisotopic (exact) mass is 291 g/mol. The normalized spacial score (nSPS) is 10.8. The molecular weight excluding hydrogens is 284 g/mol. The van der Waals surface area contributed by atoms with Gasteiger partial charge in [-0.2, -0.15) is 4.98 Å². The van der Waals surface area contributed by atoms with Crippen LogP contribution in [0.2, 0.25) is 10.0 Å². The molecule has 0 unspecified atom stereocenters. The summed E-state index contributed by atoms with van der Waals surface area (Å²) in [6.45, 7) is 0. The van der Waals surface area contributed by atoms with Crippen LogP contribution in [0.4, 0.5) is 0 Å². The van der Waals surface area contributed by atoms with Crippen LogP contribution in [0.5, 0.6) is 0 Å². The van der Waals surface area contributed by atoms with E-state index in [0.29, 0.717) is 39.8 Å². The molecule has 0 aliphatic heterocycles. The van der Waals surface area contributed by atoms with E-state index in [2.05, 4.69) is 15.1 Å². The van der Waals surface area contributed by atoms with Gasteiger partial charge < -0.3 is 4.52 Å². The third kappa shape index (κ3) is 3.09. The number of hydrogen-bond donors (Lipinski definition) is 0.